The van der Waals surface area contributed by atoms with Crippen molar-refractivity contribution < 1.29 is 38.7 Å². The zero-order valence-corrected chi connectivity index (χ0v) is 23.1. The fourth-order valence-corrected chi connectivity index (χ4v) is 5.39. The zero-order valence-electron chi connectivity index (χ0n) is 23.1. The van der Waals surface area contributed by atoms with E-state index in [0.717, 1.165) is 44.9 Å². The van der Waals surface area contributed by atoms with Crippen molar-refractivity contribution in [3.63, 3.8) is 0 Å². The number of ether oxygens (including phenoxy) is 5. The van der Waals surface area contributed by atoms with Crippen LogP contribution in [-0.4, -0.2) is 61.4 Å². The molecule has 4 atom stereocenters. The third-order valence-electron chi connectivity index (χ3n) is 7.52. The van der Waals surface area contributed by atoms with Gasteiger partial charge >= 0.3 is 5.97 Å². The normalized spacial score (nSPS) is 21.8. The molecule has 1 fully saturated rings. The third-order valence-corrected chi connectivity index (χ3v) is 7.52. The van der Waals surface area contributed by atoms with Gasteiger partial charge in [0, 0.05) is 24.0 Å². The Morgan fingerprint density at radius 3 is 2.50 bits per heavy atom. The SMILES string of the molecule is COC(=O)C[C@@H]1COc2cc(OCc3cccc(-c4c(C)cc(OC[C@@H]5C[C@H](O)[C@H](O)CO5)cc4C)c3)ccc21. The number of aliphatic hydroxyl groups excluding tert-OH is 2. The second kappa shape index (κ2) is 12.3. The summed E-state index contributed by atoms with van der Waals surface area (Å²) in [5, 5.41) is 19.5. The molecule has 2 N–H and O–H groups in total. The molecule has 3 aromatic carbocycles. The summed E-state index contributed by atoms with van der Waals surface area (Å²) in [6.07, 6.45) is -1.23. The molecule has 8 heteroatoms. The number of esters is 1. The molecular formula is C32H36O8. The summed E-state index contributed by atoms with van der Waals surface area (Å²) in [6, 6.07) is 18.1. The van der Waals surface area contributed by atoms with Crippen LogP contribution in [0, 0.1) is 13.8 Å². The standard InChI is InChI=1S/C32H36O8/c1-19-9-25(38-17-26-13-28(33)29(34)18-39-26)10-20(2)32(19)22-6-4-5-21(11-22)15-37-24-7-8-27-23(12-31(35)36-3)16-40-30(27)14-24/h4-11,14,23,26,28-29,33-34H,12-13,15-18H2,1-3H3/t23-,26+,28+,29-/m1/s1. The maximum Gasteiger partial charge on any atom is 0.306 e. The van der Waals surface area contributed by atoms with Gasteiger partial charge in [-0.15, -0.1) is 0 Å². The summed E-state index contributed by atoms with van der Waals surface area (Å²) in [5.74, 6) is 1.96. The van der Waals surface area contributed by atoms with Gasteiger partial charge < -0.3 is 33.9 Å². The number of benzene rings is 3. The predicted octanol–water partition coefficient (Wildman–Crippen LogP) is 4.48. The van der Waals surface area contributed by atoms with Gasteiger partial charge in [-0.2, -0.15) is 0 Å². The van der Waals surface area contributed by atoms with Gasteiger partial charge in [0.05, 0.1) is 39.0 Å². The molecule has 0 aliphatic carbocycles. The van der Waals surface area contributed by atoms with Crippen molar-refractivity contribution in [2.24, 2.45) is 0 Å². The van der Waals surface area contributed by atoms with Crippen molar-refractivity contribution >= 4 is 5.97 Å². The molecule has 8 nitrogen and oxygen atoms in total. The summed E-state index contributed by atoms with van der Waals surface area (Å²) >= 11 is 0. The van der Waals surface area contributed by atoms with Crippen molar-refractivity contribution in [1.82, 2.24) is 0 Å². The third kappa shape index (κ3) is 6.41. The van der Waals surface area contributed by atoms with E-state index in [1.54, 1.807) is 0 Å². The van der Waals surface area contributed by atoms with Crippen molar-refractivity contribution in [3.05, 3.63) is 76.9 Å². The average molecular weight is 549 g/mol. The van der Waals surface area contributed by atoms with E-state index in [4.69, 9.17) is 23.7 Å². The van der Waals surface area contributed by atoms with Crippen LogP contribution in [0.1, 0.15) is 41.0 Å². The van der Waals surface area contributed by atoms with E-state index in [2.05, 4.69) is 26.0 Å². The van der Waals surface area contributed by atoms with E-state index in [1.165, 1.54) is 7.11 Å². The fraction of sp³-hybridized carbons (Fsp3) is 0.406. The van der Waals surface area contributed by atoms with Gasteiger partial charge in [-0.1, -0.05) is 24.3 Å². The monoisotopic (exact) mass is 548 g/mol. The lowest BCUT2D eigenvalue weighted by atomic mass is 9.94. The molecule has 2 heterocycles. The maximum atomic E-state index is 11.7. The first-order chi connectivity index (χ1) is 19.3. The lowest BCUT2D eigenvalue weighted by Crippen LogP contribution is -2.43. The minimum atomic E-state index is -0.837. The van der Waals surface area contributed by atoms with Crippen molar-refractivity contribution in [2.75, 3.05) is 26.9 Å². The van der Waals surface area contributed by atoms with E-state index in [-0.39, 0.29) is 24.6 Å². The van der Waals surface area contributed by atoms with Crippen molar-refractivity contribution in [2.45, 2.75) is 57.5 Å². The molecule has 212 valence electrons. The van der Waals surface area contributed by atoms with Gasteiger partial charge in [0.15, 0.2) is 0 Å². The molecule has 0 bridgehead atoms. The highest BCUT2D eigenvalue weighted by Gasteiger charge is 2.29. The number of carbonyl (C=O) groups excluding carboxylic acids is 1. The molecule has 0 aromatic heterocycles. The van der Waals surface area contributed by atoms with E-state index in [9.17, 15) is 15.0 Å². The quantitative estimate of drug-likeness (QED) is 0.378. The van der Waals surface area contributed by atoms with Crippen LogP contribution in [0.2, 0.25) is 0 Å². The Kier molecular flexibility index (Phi) is 8.59. The first-order valence-electron chi connectivity index (χ1n) is 13.6. The smallest absolute Gasteiger partial charge is 0.306 e. The number of methoxy groups -OCH3 is 1. The van der Waals surface area contributed by atoms with E-state index in [0.29, 0.717) is 38.4 Å². The Hall–Kier alpha value is -3.59. The number of aliphatic hydroxyl groups is 2. The molecular weight excluding hydrogens is 512 g/mol. The fourth-order valence-electron chi connectivity index (χ4n) is 5.39. The lowest BCUT2D eigenvalue weighted by molar-refractivity contribution is -0.141. The van der Waals surface area contributed by atoms with Gasteiger partial charge in [-0.25, -0.2) is 0 Å². The lowest BCUT2D eigenvalue weighted by Gasteiger charge is -2.30. The molecule has 5 rings (SSSR count). The highest BCUT2D eigenvalue weighted by atomic mass is 16.5. The number of aryl methyl sites for hydroxylation is 2. The van der Waals surface area contributed by atoms with Crippen LogP contribution in [0.5, 0.6) is 17.2 Å². The number of carbonyl (C=O) groups is 1. The van der Waals surface area contributed by atoms with Crippen LogP contribution in [0.25, 0.3) is 11.1 Å². The minimum absolute atomic E-state index is 0.000961. The Balaban J connectivity index is 1.22. The number of fused-ring (bicyclic) bond motifs is 1. The van der Waals surface area contributed by atoms with Gasteiger partial charge in [-0.05, 0) is 65.9 Å². The summed E-state index contributed by atoms with van der Waals surface area (Å²) in [5.41, 5.74) is 6.45. The first kappa shape index (κ1) is 28.0. The van der Waals surface area contributed by atoms with Crippen molar-refractivity contribution in [3.8, 4) is 28.4 Å². The van der Waals surface area contributed by atoms with Crippen molar-refractivity contribution in [1.29, 1.82) is 0 Å². The van der Waals surface area contributed by atoms with Crippen LogP contribution in [0.3, 0.4) is 0 Å². The molecule has 3 aromatic rings. The topological polar surface area (TPSA) is 104 Å². The molecule has 2 aliphatic heterocycles. The Morgan fingerprint density at radius 2 is 1.75 bits per heavy atom. The maximum absolute atomic E-state index is 11.7. The summed E-state index contributed by atoms with van der Waals surface area (Å²) in [7, 11) is 1.40. The second-order valence-electron chi connectivity index (χ2n) is 10.5. The summed E-state index contributed by atoms with van der Waals surface area (Å²) < 4.78 is 28.2. The zero-order chi connectivity index (χ0) is 28.2. The summed E-state index contributed by atoms with van der Waals surface area (Å²) in [6.45, 7) is 5.42. The van der Waals surface area contributed by atoms with Gasteiger partial charge in [0.2, 0.25) is 0 Å². The Morgan fingerprint density at radius 1 is 0.950 bits per heavy atom. The largest absolute Gasteiger partial charge is 0.492 e. The van der Waals surface area contributed by atoms with Crippen LogP contribution >= 0.6 is 0 Å². The molecule has 0 radical (unpaired) electrons. The van der Waals surface area contributed by atoms with Gasteiger partial charge in [0.1, 0.15) is 36.6 Å². The number of rotatable bonds is 9. The Bertz CT molecular complexity index is 1330. The molecule has 0 spiro atoms. The molecule has 0 unspecified atom stereocenters. The Labute approximate surface area is 234 Å². The van der Waals surface area contributed by atoms with Crippen LogP contribution in [0.15, 0.2) is 54.6 Å². The molecule has 40 heavy (non-hydrogen) atoms. The van der Waals surface area contributed by atoms with Crippen LogP contribution < -0.4 is 14.2 Å². The van der Waals surface area contributed by atoms with E-state index >= 15 is 0 Å². The van der Waals surface area contributed by atoms with Crippen LogP contribution in [0.4, 0.5) is 0 Å². The van der Waals surface area contributed by atoms with Gasteiger partial charge in [0.25, 0.3) is 0 Å². The van der Waals surface area contributed by atoms with E-state index < -0.39 is 12.2 Å². The minimum Gasteiger partial charge on any atom is -0.492 e. The highest BCUT2D eigenvalue weighted by molar-refractivity contribution is 5.72. The molecule has 0 amide bonds. The molecule has 2 aliphatic rings. The average Bonchev–Trinajstić information content (AvgIpc) is 3.34. The molecule has 1 saturated heterocycles. The number of hydrogen-bond donors (Lipinski definition) is 2. The van der Waals surface area contributed by atoms with Gasteiger partial charge in [-0.3, -0.25) is 4.79 Å². The highest BCUT2D eigenvalue weighted by Crippen LogP contribution is 2.39. The predicted molar refractivity (Wildman–Crippen MR) is 149 cm³/mol. The molecule has 0 saturated carbocycles. The first-order valence-corrected chi connectivity index (χ1v) is 13.6. The number of hydrogen-bond acceptors (Lipinski definition) is 8. The van der Waals surface area contributed by atoms with Crippen LogP contribution in [-0.2, 0) is 20.9 Å². The van der Waals surface area contributed by atoms with E-state index in [1.807, 2.05) is 42.5 Å². The second-order valence-corrected chi connectivity index (χ2v) is 10.5. The summed E-state index contributed by atoms with van der Waals surface area (Å²) in [4.78, 5) is 11.7.